The van der Waals surface area contributed by atoms with E-state index in [1.54, 1.807) is 0 Å². The van der Waals surface area contributed by atoms with Crippen molar-refractivity contribution in [2.45, 2.75) is 45.7 Å². The van der Waals surface area contributed by atoms with Crippen LogP contribution in [0.1, 0.15) is 62.4 Å². The van der Waals surface area contributed by atoms with Crippen molar-refractivity contribution < 1.29 is 14.3 Å². The molecule has 3 rings (SSSR count). The second-order valence-corrected chi connectivity index (χ2v) is 7.00. The molecule has 0 aromatic heterocycles. The van der Waals surface area contributed by atoms with E-state index in [1.165, 1.54) is 5.56 Å². The van der Waals surface area contributed by atoms with Gasteiger partial charge < -0.3 is 20.1 Å². The van der Waals surface area contributed by atoms with Gasteiger partial charge in [0.05, 0.1) is 12.1 Å². The first-order valence-electron chi connectivity index (χ1n) is 9.00. The molecule has 2 aromatic rings. The summed E-state index contributed by atoms with van der Waals surface area (Å²) in [4.78, 5) is 12.3. The predicted octanol–water partition coefficient (Wildman–Crippen LogP) is 4.66. The number of hydrogen-bond acceptors (Lipinski definition) is 3. The van der Waals surface area contributed by atoms with Crippen LogP contribution in [-0.2, 0) is 0 Å². The molecule has 0 saturated carbocycles. The molecule has 2 unspecified atom stereocenters. The Morgan fingerprint density at radius 3 is 2.00 bits per heavy atom. The van der Waals surface area contributed by atoms with Crippen molar-refractivity contribution in [2.75, 3.05) is 6.79 Å². The standard InChI is InChI=1S/C21H26N2O3/c1-13(2)16-5-7-17(8-6-16)14(3)22-21(24)23-15(4)18-9-10-19-20(11-18)26-12-25-19/h5-11,13-15H,12H2,1-4H3,(H2,22,23,24). The van der Waals surface area contributed by atoms with Gasteiger partial charge in [-0.15, -0.1) is 0 Å². The van der Waals surface area contributed by atoms with E-state index in [4.69, 9.17) is 9.47 Å². The topological polar surface area (TPSA) is 59.6 Å². The molecule has 138 valence electrons. The highest BCUT2D eigenvalue weighted by Crippen LogP contribution is 2.34. The SMILES string of the molecule is CC(C)c1ccc(C(C)NC(=O)NC(C)c2ccc3c(c2)OCO3)cc1. The van der Waals surface area contributed by atoms with Gasteiger partial charge in [0, 0.05) is 0 Å². The zero-order chi connectivity index (χ0) is 18.7. The van der Waals surface area contributed by atoms with Gasteiger partial charge in [-0.1, -0.05) is 44.2 Å². The summed E-state index contributed by atoms with van der Waals surface area (Å²) in [6.07, 6.45) is 0. The highest BCUT2D eigenvalue weighted by molar-refractivity contribution is 5.75. The van der Waals surface area contributed by atoms with Crippen molar-refractivity contribution in [2.24, 2.45) is 0 Å². The number of fused-ring (bicyclic) bond motifs is 1. The van der Waals surface area contributed by atoms with Gasteiger partial charge in [0.15, 0.2) is 11.5 Å². The molecule has 5 nitrogen and oxygen atoms in total. The van der Waals surface area contributed by atoms with Crippen molar-refractivity contribution in [3.63, 3.8) is 0 Å². The Hall–Kier alpha value is -2.69. The number of urea groups is 1. The van der Waals surface area contributed by atoms with Crippen molar-refractivity contribution >= 4 is 6.03 Å². The summed E-state index contributed by atoms with van der Waals surface area (Å²) in [7, 11) is 0. The quantitative estimate of drug-likeness (QED) is 0.821. The van der Waals surface area contributed by atoms with Crippen molar-refractivity contribution in [3.05, 3.63) is 59.2 Å². The monoisotopic (exact) mass is 354 g/mol. The van der Waals surface area contributed by atoms with E-state index in [9.17, 15) is 4.79 Å². The fourth-order valence-electron chi connectivity index (χ4n) is 2.95. The molecule has 1 aliphatic heterocycles. The number of ether oxygens (including phenoxy) is 2. The number of rotatable bonds is 5. The maximum Gasteiger partial charge on any atom is 0.315 e. The second kappa shape index (κ2) is 7.68. The lowest BCUT2D eigenvalue weighted by Gasteiger charge is -2.19. The molecule has 0 aliphatic carbocycles. The van der Waals surface area contributed by atoms with Crippen LogP contribution in [0, 0.1) is 0 Å². The van der Waals surface area contributed by atoms with Crippen LogP contribution in [0.3, 0.4) is 0 Å². The normalized spacial score (nSPS) is 14.8. The van der Waals surface area contributed by atoms with E-state index in [0.717, 1.165) is 22.6 Å². The smallest absolute Gasteiger partial charge is 0.315 e. The first kappa shape index (κ1) is 18.1. The largest absolute Gasteiger partial charge is 0.454 e. The van der Waals surface area contributed by atoms with Crippen LogP contribution in [-0.4, -0.2) is 12.8 Å². The van der Waals surface area contributed by atoms with Crippen molar-refractivity contribution in [1.29, 1.82) is 0 Å². The minimum absolute atomic E-state index is 0.0693. The van der Waals surface area contributed by atoms with Crippen LogP contribution in [0.25, 0.3) is 0 Å². The zero-order valence-corrected chi connectivity index (χ0v) is 15.7. The minimum atomic E-state index is -0.199. The fraction of sp³-hybridized carbons (Fsp3) is 0.381. The van der Waals surface area contributed by atoms with E-state index >= 15 is 0 Å². The van der Waals surface area contributed by atoms with Crippen LogP contribution >= 0.6 is 0 Å². The third kappa shape index (κ3) is 4.10. The Bertz CT molecular complexity index is 771. The molecule has 0 saturated heterocycles. The van der Waals surface area contributed by atoms with Gasteiger partial charge >= 0.3 is 6.03 Å². The predicted molar refractivity (Wildman–Crippen MR) is 102 cm³/mol. The summed E-state index contributed by atoms with van der Waals surface area (Å²) in [6.45, 7) is 8.51. The number of benzene rings is 2. The number of carbonyl (C=O) groups excluding carboxylic acids is 1. The van der Waals surface area contributed by atoms with Crippen LogP contribution in [0.5, 0.6) is 11.5 Å². The molecule has 0 spiro atoms. The Morgan fingerprint density at radius 2 is 1.35 bits per heavy atom. The first-order valence-corrected chi connectivity index (χ1v) is 9.00. The molecule has 1 heterocycles. The molecular formula is C21H26N2O3. The average Bonchev–Trinajstić information content (AvgIpc) is 3.09. The molecule has 0 radical (unpaired) electrons. The molecule has 2 aromatic carbocycles. The minimum Gasteiger partial charge on any atom is -0.454 e. The lowest BCUT2D eigenvalue weighted by atomic mass is 10.00. The van der Waals surface area contributed by atoms with Crippen LogP contribution in [0.15, 0.2) is 42.5 Å². The molecule has 0 bridgehead atoms. The molecule has 2 atom stereocenters. The van der Waals surface area contributed by atoms with Gasteiger partial charge in [-0.25, -0.2) is 4.79 Å². The fourth-order valence-corrected chi connectivity index (χ4v) is 2.95. The third-order valence-corrected chi connectivity index (χ3v) is 4.69. The first-order chi connectivity index (χ1) is 12.4. The zero-order valence-electron chi connectivity index (χ0n) is 15.7. The maximum atomic E-state index is 12.3. The van der Waals surface area contributed by atoms with Gasteiger partial charge in [0.2, 0.25) is 6.79 Å². The summed E-state index contributed by atoms with van der Waals surface area (Å²) in [5.41, 5.74) is 3.35. The van der Waals surface area contributed by atoms with Crippen LogP contribution < -0.4 is 20.1 Å². The summed E-state index contributed by atoms with van der Waals surface area (Å²) >= 11 is 0. The van der Waals surface area contributed by atoms with Crippen LogP contribution in [0.2, 0.25) is 0 Å². The Morgan fingerprint density at radius 1 is 0.808 bits per heavy atom. The Balaban J connectivity index is 1.57. The summed E-state index contributed by atoms with van der Waals surface area (Å²) in [6, 6.07) is 13.7. The Labute approximate surface area is 154 Å². The van der Waals surface area contributed by atoms with Gasteiger partial charge in [-0.2, -0.15) is 0 Å². The van der Waals surface area contributed by atoms with E-state index < -0.39 is 0 Å². The third-order valence-electron chi connectivity index (χ3n) is 4.69. The molecule has 5 heteroatoms. The number of carbonyl (C=O) groups is 1. The highest BCUT2D eigenvalue weighted by atomic mass is 16.7. The van der Waals surface area contributed by atoms with Gasteiger partial charge in [-0.3, -0.25) is 0 Å². The van der Waals surface area contributed by atoms with Gasteiger partial charge in [0.1, 0.15) is 0 Å². The number of amides is 2. The molecule has 2 N–H and O–H groups in total. The second-order valence-electron chi connectivity index (χ2n) is 7.00. The summed E-state index contributed by atoms with van der Waals surface area (Å²) in [5, 5.41) is 5.96. The molecule has 1 aliphatic rings. The number of nitrogens with one attached hydrogen (secondary N) is 2. The molecular weight excluding hydrogens is 328 g/mol. The maximum absolute atomic E-state index is 12.3. The van der Waals surface area contributed by atoms with Gasteiger partial charge in [0.25, 0.3) is 0 Å². The Kier molecular flexibility index (Phi) is 5.35. The lowest BCUT2D eigenvalue weighted by molar-refractivity contribution is 0.174. The highest BCUT2D eigenvalue weighted by Gasteiger charge is 2.17. The van der Waals surface area contributed by atoms with Gasteiger partial charge in [-0.05, 0) is 48.6 Å². The summed E-state index contributed by atoms with van der Waals surface area (Å²) in [5.74, 6) is 1.96. The van der Waals surface area contributed by atoms with E-state index in [2.05, 4.69) is 48.7 Å². The van der Waals surface area contributed by atoms with E-state index in [0.29, 0.717) is 5.92 Å². The molecule has 0 fully saturated rings. The van der Waals surface area contributed by atoms with Crippen LogP contribution in [0.4, 0.5) is 4.79 Å². The average molecular weight is 354 g/mol. The lowest BCUT2D eigenvalue weighted by Crippen LogP contribution is -2.38. The summed E-state index contributed by atoms with van der Waals surface area (Å²) < 4.78 is 10.7. The molecule has 2 amide bonds. The molecule has 26 heavy (non-hydrogen) atoms. The number of hydrogen-bond donors (Lipinski definition) is 2. The van der Waals surface area contributed by atoms with E-state index in [1.807, 2.05) is 32.0 Å². The van der Waals surface area contributed by atoms with Crippen molar-refractivity contribution in [3.8, 4) is 11.5 Å². The van der Waals surface area contributed by atoms with E-state index in [-0.39, 0.29) is 24.9 Å². The van der Waals surface area contributed by atoms with Crippen molar-refractivity contribution in [1.82, 2.24) is 10.6 Å².